The maximum atomic E-state index is 3.88. The second kappa shape index (κ2) is 5.92. The molecule has 1 heterocycles. The van der Waals surface area contributed by atoms with Gasteiger partial charge in [0.05, 0.1) is 0 Å². The van der Waals surface area contributed by atoms with Crippen molar-refractivity contribution in [2.45, 2.75) is 71.4 Å². The van der Waals surface area contributed by atoms with E-state index in [1.54, 1.807) is 0 Å². The third-order valence-electron chi connectivity index (χ3n) is 4.81. The number of piperazine rings is 1. The fourth-order valence-electron chi connectivity index (χ4n) is 3.48. The van der Waals surface area contributed by atoms with Gasteiger partial charge in [0.25, 0.3) is 0 Å². The Labute approximate surface area is 114 Å². The highest BCUT2D eigenvalue weighted by Crippen LogP contribution is 2.41. The van der Waals surface area contributed by atoms with E-state index < -0.39 is 0 Å². The second-order valence-electron chi connectivity index (χ2n) is 7.18. The Balaban J connectivity index is 1.95. The molecule has 1 aliphatic carbocycles. The topological polar surface area (TPSA) is 15.3 Å². The van der Waals surface area contributed by atoms with Crippen LogP contribution in [0.15, 0.2) is 0 Å². The Bertz CT molecular complexity index is 260. The normalized spacial score (nSPS) is 34.2. The van der Waals surface area contributed by atoms with E-state index in [-0.39, 0.29) is 0 Å². The van der Waals surface area contributed by atoms with Gasteiger partial charge < -0.3 is 5.32 Å². The van der Waals surface area contributed by atoms with Gasteiger partial charge in [0, 0.05) is 24.7 Å². The van der Waals surface area contributed by atoms with Crippen LogP contribution in [-0.4, -0.2) is 36.1 Å². The monoisotopic (exact) mass is 252 g/mol. The summed E-state index contributed by atoms with van der Waals surface area (Å²) >= 11 is 0. The first kappa shape index (κ1) is 14.3. The van der Waals surface area contributed by atoms with Gasteiger partial charge in [-0.3, -0.25) is 4.90 Å². The molecule has 106 valence electrons. The maximum absolute atomic E-state index is 3.88. The van der Waals surface area contributed by atoms with Gasteiger partial charge in [-0.25, -0.2) is 0 Å². The summed E-state index contributed by atoms with van der Waals surface area (Å²) in [5.41, 5.74) is 0.404. The van der Waals surface area contributed by atoms with Crippen LogP contribution in [0.4, 0.5) is 0 Å². The molecule has 2 unspecified atom stereocenters. The second-order valence-corrected chi connectivity index (χ2v) is 7.18. The number of rotatable bonds is 6. The molecular formula is C16H32N2. The smallest absolute Gasteiger partial charge is 0.0309 e. The van der Waals surface area contributed by atoms with Crippen LogP contribution in [0.3, 0.4) is 0 Å². The van der Waals surface area contributed by atoms with Crippen molar-refractivity contribution < 1.29 is 0 Å². The minimum absolute atomic E-state index is 0.404. The standard InChI is InChI=1S/C16H32N2/c1-5-6-9-18-12-16(4,14-7-8-14)17-11-15(18)10-13(2)3/h13-15,17H,5-12H2,1-4H3. The van der Waals surface area contributed by atoms with E-state index in [1.165, 1.54) is 51.7 Å². The van der Waals surface area contributed by atoms with Gasteiger partial charge in [0.15, 0.2) is 0 Å². The van der Waals surface area contributed by atoms with Gasteiger partial charge in [0.2, 0.25) is 0 Å². The molecule has 0 aromatic rings. The first-order chi connectivity index (χ1) is 8.55. The fraction of sp³-hybridized carbons (Fsp3) is 1.00. The van der Waals surface area contributed by atoms with Crippen LogP contribution in [0, 0.1) is 11.8 Å². The lowest BCUT2D eigenvalue weighted by molar-refractivity contribution is 0.0633. The van der Waals surface area contributed by atoms with Crippen molar-refractivity contribution in [3.8, 4) is 0 Å². The Morgan fingerprint density at radius 1 is 1.33 bits per heavy atom. The summed E-state index contributed by atoms with van der Waals surface area (Å²) in [7, 11) is 0. The molecular weight excluding hydrogens is 220 g/mol. The van der Waals surface area contributed by atoms with Crippen LogP contribution in [0.5, 0.6) is 0 Å². The van der Waals surface area contributed by atoms with Crippen LogP contribution in [0.2, 0.25) is 0 Å². The van der Waals surface area contributed by atoms with Crippen molar-refractivity contribution in [3.05, 3.63) is 0 Å². The zero-order chi connectivity index (χ0) is 13.2. The van der Waals surface area contributed by atoms with Crippen molar-refractivity contribution in [1.82, 2.24) is 10.2 Å². The quantitative estimate of drug-likeness (QED) is 0.780. The minimum atomic E-state index is 0.404. The summed E-state index contributed by atoms with van der Waals surface area (Å²) in [6, 6.07) is 0.767. The van der Waals surface area contributed by atoms with Crippen LogP contribution in [0.25, 0.3) is 0 Å². The fourth-order valence-corrected chi connectivity index (χ4v) is 3.48. The number of nitrogens with one attached hydrogen (secondary N) is 1. The summed E-state index contributed by atoms with van der Waals surface area (Å²) in [5.74, 6) is 1.76. The molecule has 18 heavy (non-hydrogen) atoms. The van der Waals surface area contributed by atoms with E-state index in [4.69, 9.17) is 0 Å². The highest BCUT2D eigenvalue weighted by atomic mass is 15.3. The molecule has 1 aliphatic heterocycles. The summed E-state index contributed by atoms with van der Waals surface area (Å²) < 4.78 is 0. The SMILES string of the molecule is CCCCN1CC(C)(C2CC2)NCC1CC(C)C. The van der Waals surface area contributed by atoms with E-state index in [9.17, 15) is 0 Å². The zero-order valence-corrected chi connectivity index (χ0v) is 12.8. The molecule has 2 rings (SSSR count). The van der Waals surface area contributed by atoms with E-state index in [0.717, 1.165) is 17.9 Å². The van der Waals surface area contributed by atoms with Gasteiger partial charge in [0.1, 0.15) is 0 Å². The summed E-state index contributed by atoms with van der Waals surface area (Å²) in [6.45, 7) is 13.2. The number of hydrogen-bond donors (Lipinski definition) is 1. The van der Waals surface area contributed by atoms with Crippen LogP contribution >= 0.6 is 0 Å². The molecule has 0 aromatic heterocycles. The Morgan fingerprint density at radius 3 is 2.61 bits per heavy atom. The van der Waals surface area contributed by atoms with Crippen molar-refractivity contribution in [2.75, 3.05) is 19.6 Å². The predicted molar refractivity (Wildman–Crippen MR) is 78.9 cm³/mol. The molecule has 2 nitrogen and oxygen atoms in total. The van der Waals surface area contributed by atoms with Crippen LogP contribution < -0.4 is 5.32 Å². The predicted octanol–water partition coefficient (Wildman–Crippen LogP) is 3.28. The van der Waals surface area contributed by atoms with Gasteiger partial charge in [-0.1, -0.05) is 27.2 Å². The van der Waals surface area contributed by atoms with Gasteiger partial charge >= 0.3 is 0 Å². The van der Waals surface area contributed by atoms with E-state index in [1.807, 2.05) is 0 Å². The summed E-state index contributed by atoms with van der Waals surface area (Å²) in [5, 5.41) is 3.88. The molecule has 2 aliphatic rings. The van der Waals surface area contributed by atoms with Crippen molar-refractivity contribution in [2.24, 2.45) is 11.8 Å². The third kappa shape index (κ3) is 3.48. The Kier molecular flexibility index (Phi) is 4.71. The molecule has 1 N–H and O–H groups in total. The molecule has 2 fully saturated rings. The zero-order valence-electron chi connectivity index (χ0n) is 12.8. The molecule has 0 spiro atoms. The Hall–Kier alpha value is -0.0800. The average Bonchev–Trinajstić information content (AvgIpc) is 3.13. The lowest BCUT2D eigenvalue weighted by atomic mass is 9.88. The molecule has 2 atom stereocenters. The van der Waals surface area contributed by atoms with Gasteiger partial charge in [-0.2, -0.15) is 0 Å². The molecule has 0 amide bonds. The Morgan fingerprint density at radius 2 is 2.06 bits per heavy atom. The molecule has 1 saturated carbocycles. The van der Waals surface area contributed by atoms with E-state index in [2.05, 4.69) is 37.9 Å². The van der Waals surface area contributed by atoms with Gasteiger partial charge in [-0.15, -0.1) is 0 Å². The summed E-state index contributed by atoms with van der Waals surface area (Å²) in [4.78, 5) is 2.79. The number of hydrogen-bond acceptors (Lipinski definition) is 2. The van der Waals surface area contributed by atoms with E-state index in [0.29, 0.717) is 5.54 Å². The molecule has 0 bridgehead atoms. The van der Waals surface area contributed by atoms with Gasteiger partial charge in [-0.05, 0) is 51.0 Å². The third-order valence-corrected chi connectivity index (χ3v) is 4.81. The van der Waals surface area contributed by atoms with E-state index >= 15 is 0 Å². The molecule has 2 heteroatoms. The van der Waals surface area contributed by atoms with Crippen molar-refractivity contribution in [1.29, 1.82) is 0 Å². The lowest BCUT2D eigenvalue weighted by Gasteiger charge is -2.47. The number of unbranched alkanes of at least 4 members (excludes halogenated alkanes) is 1. The largest absolute Gasteiger partial charge is 0.308 e. The van der Waals surface area contributed by atoms with Crippen molar-refractivity contribution in [3.63, 3.8) is 0 Å². The van der Waals surface area contributed by atoms with Crippen molar-refractivity contribution >= 4 is 0 Å². The van der Waals surface area contributed by atoms with Crippen LogP contribution in [-0.2, 0) is 0 Å². The first-order valence-corrected chi connectivity index (χ1v) is 8.04. The molecule has 1 saturated heterocycles. The van der Waals surface area contributed by atoms with Crippen LogP contribution in [0.1, 0.15) is 59.8 Å². The summed E-state index contributed by atoms with van der Waals surface area (Å²) in [6.07, 6.45) is 6.91. The average molecular weight is 252 g/mol. The lowest BCUT2D eigenvalue weighted by Crippen LogP contribution is -2.64. The number of nitrogens with zero attached hydrogens (tertiary/aromatic N) is 1. The molecule has 0 radical (unpaired) electrons. The first-order valence-electron chi connectivity index (χ1n) is 8.04. The highest BCUT2D eigenvalue weighted by Gasteiger charge is 2.45. The highest BCUT2D eigenvalue weighted by molar-refractivity contribution is 5.04. The maximum Gasteiger partial charge on any atom is 0.0309 e. The minimum Gasteiger partial charge on any atom is -0.308 e. The molecule has 0 aromatic carbocycles.